The predicted molar refractivity (Wildman–Crippen MR) is 107 cm³/mol. The Kier molecular flexibility index (Phi) is 5.76. The van der Waals surface area contributed by atoms with Gasteiger partial charge in [0.2, 0.25) is 5.91 Å². The zero-order chi connectivity index (χ0) is 20.2. The Morgan fingerprint density at radius 1 is 0.897 bits per heavy atom. The van der Waals surface area contributed by atoms with E-state index in [-0.39, 0.29) is 24.2 Å². The summed E-state index contributed by atoms with van der Waals surface area (Å²) in [6.45, 7) is 3.47. The van der Waals surface area contributed by atoms with Crippen molar-refractivity contribution in [1.82, 2.24) is 9.80 Å². The molecule has 7 heteroatoms. The second kappa shape index (κ2) is 8.61. The average Bonchev–Trinajstić information content (AvgIpc) is 3.18. The Morgan fingerprint density at radius 3 is 2.38 bits per heavy atom. The van der Waals surface area contributed by atoms with Crippen molar-refractivity contribution in [1.29, 1.82) is 0 Å². The van der Waals surface area contributed by atoms with Gasteiger partial charge in [0, 0.05) is 38.4 Å². The van der Waals surface area contributed by atoms with Crippen molar-refractivity contribution in [3.63, 3.8) is 0 Å². The molecule has 2 aromatic carbocycles. The lowest BCUT2D eigenvalue weighted by atomic mass is 10.2. The number of piperazine rings is 1. The molecule has 1 saturated heterocycles. The number of ether oxygens (including phenoxy) is 1. The van der Waals surface area contributed by atoms with Gasteiger partial charge in [-0.3, -0.25) is 14.5 Å². The van der Waals surface area contributed by atoms with Gasteiger partial charge in [0.05, 0.1) is 6.54 Å². The molecule has 0 N–H and O–H groups in total. The number of rotatable bonds is 5. The highest BCUT2D eigenvalue weighted by Crippen LogP contribution is 2.27. The lowest BCUT2D eigenvalue weighted by molar-refractivity contribution is -0.135. The van der Waals surface area contributed by atoms with Gasteiger partial charge in [-0.2, -0.15) is 0 Å². The normalized spacial score (nSPS) is 16.6. The van der Waals surface area contributed by atoms with Gasteiger partial charge in [0.1, 0.15) is 11.6 Å². The van der Waals surface area contributed by atoms with Gasteiger partial charge in [0.25, 0.3) is 5.91 Å². The Balaban J connectivity index is 1.22. The molecule has 29 heavy (non-hydrogen) atoms. The van der Waals surface area contributed by atoms with E-state index in [1.54, 1.807) is 4.90 Å². The number of hydrogen-bond acceptors (Lipinski definition) is 4. The zero-order valence-electron chi connectivity index (χ0n) is 16.2. The Hall–Kier alpha value is -2.93. The third kappa shape index (κ3) is 4.56. The molecule has 2 aliphatic rings. The van der Waals surface area contributed by atoms with Crippen molar-refractivity contribution < 1.29 is 18.7 Å². The molecule has 0 unspecified atom stereocenters. The monoisotopic (exact) mass is 397 g/mol. The van der Waals surface area contributed by atoms with Crippen molar-refractivity contribution in [2.75, 3.05) is 50.8 Å². The third-order valence-corrected chi connectivity index (χ3v) is 5.45. The van der Waals surface area contributed by atoms with E-state index in [4.69, 9.17) is 4.74 Å². The van der Waals surface area contributed by atoms with Crippen LogP contribution in [-0.4, -0.2) is 67.5 Å². The van der Waals surface area contributed by atoms with E-state index in [0.717, 1.165) is 18.7 Å². The fraction of sp³-hybridized carbons (Fsp3) is 0.364. The topological polar surface area (TPSA) is 53.1 Å². The first-order chi connectivity index (χ1) is 14.1. The van der Waals surface area contributed by atoms with Crippen LogP contribution >= 0.6 is 0 Å². The molecule has 0 saturated carbocycles. The van der Waals surface area contributed by atoms with Crippen molar-refractivity contribution in [2.24, 2.45) is 0 Å². The number of para-hydroxylation sites is 1. The number of amides is 2. The number of halogens is 1. The summed E-state index contributed by atoms with van der Waals surface area (Å²) in [7, 11) is 0. The standard InChI is InChI=1S/C22H24FN3O3/c23-18-5-7-19(8-6-18)29-16-22(28)25-13-11-24(12-14-25)15-21(27)26-10-9-17-3-1-2-4-20(17)26/h1-8H,9-16H2. The second-order valence-electron chi connectivity index (χ2n) is 7.32. The van der Waals surface area contributed by atoms with Gasteiger partial charge < -0.3 is 14.5 Å². The molecule has 0 radical (unpaired) electrons. The van der Waals surface area contributed by atoms with Gasteiger partial charge in [-0.05, 0) is 42.3 Å². The van der Waals surface area contributed by atoms with Crippen LogP contribution in [0, 0.1) is 5.82 Å². The number of benzene rings is 2. The van der Waals surface area contributed by atoms with Crippen LogP contribution in [0.15, 0.2) is 48.5 Å². The minimum absolute atomic E-state index is 0.0743. The van der Waals surface area contributed by atoms with Crippen LogP contribution in [0.3, 0.4) is 0 Å². The molecule has 0 aromatic heterocycles. The first-order valence-electron chi connectivity index (χ1n) is 9.87. The molecule has 2 heterocycles. The minimum Gasteiger partial charge on any atom is -0.484 e. The first kappa shape index (κ1) is 19.4. The fourth-order valence-electron chi connectivity index (χ4n) is 3.80. The van der Waals surface area contributed by atoms with E-state index in [2.05, 4.69) is 11.0 Å². The summed E-state index contributed by atoms with van der Waals surface area (Å²) >= 11 is 0. The van der Waals surface area contributed by atoms with E-state index >= 15 is 0 Å². The minimum atomic E-state index is -0.341. The number of fused-ring (bicyclic) bond motifs is 1. The maximum Gasteiger partial charge on any atom is 0.260 e. The summed E-state index contributed by atoms with van der Waals surface area (Å²) in [6, 6.07) is 13.6. The summed E-state index contributed by atoms with van der Waals surface area (Å²) in [5, 5.41) is 0. The van der Waals surface area contributed by atoms with E-state index < -0.39 is 0 Å². The molecular weight excluding hydrogens is 373 g/mol. The summed E-state index contributed by atoms with van der Waals surface area (Å²) in [5.41, 5.74) is 2.24. The second-order valence-corrected chi connectivity index (χ2v) is 7.32. The van der Waals surface area contributed by atoms with Gasteiger partial charge in [-0.25, -0.2) is 4.39 Å². The lowest BCUT2D eigenvalue weighted by Crippen LogP contribution is -2.52. The maximum atomic E-state index is 12.9. The van der Waals surface area contributed by atoms with Gasteiger partial charge in [-0.15, -0.1) is 0 Å². The highest BCUT2D eigenvalue weighted by atomic mass is 19.1. The fourth-order valence-corrected chi connectivity index (χ4v) is 3.80. The smallest absolute Gasteiger partial charge is 0.260 e. The molecule has 0 spiro atoms. The van der Waals surface area contributed by atoms with Crippen molar-refractivity contribution >= 4 is 17.5 Å². The van der Waals surface area contributed by atoms with Crippen molar-refractivity contribution in [2.45, 2.75) is 6.42 Å². The van der Waals surface area contributed by atoms with Crippen LogP contribution in [0.25, 0.3) is 0 Å². The van der Waals surface area contributed by atoms with Gasteiger partial charge >= 0.3 is 0 Å². The molecular formula is C22H24FN3O3. The van der Waals surface area contributed by atoms with Crippen LogP contribution < -0.4 is 9.64 Å². The van der Waals surface area contributed by atoms with Crippen molar-refractivity contribution in [3.05, 3.63) is 59.9 Å². The molecule has 2 aromatic rings. The predicted octanol–water partition coefficient (Wildman–Crippen LogP) is 1.94. The zero-order valence-corrected chi connectivity index (χ0v) is 16.2. The number of anilines is 1. The molecule has 2 amide bonds. The number of carbonyl (C=O) groups excluding carboxylic acids is 2. The molecule has 4 rings (SSSR count). The van der Waals surface area contributed by atoms with Crippen molar-refractivity contribution in [3.8, 4) is 5.75 Å². The molecule has 0 atom stereocenters. The van der Waals surface area contributed by atoms with Crippen LogP contribution in [0.2, 0.25) is 0 Å². The highest BCUT2D eigenvalue weighted by Gasteiger charge is 2.27. The van der Waals surface area contributed by atoms with Crippen LogP contribution in [0.4, 0.5) is 10.1 Å². The third-order valence-electron chi connectivity index (χ3n) is 5.45. The largest absolute Gasteiger partial charge is 0.484 e. The van der Waals surface area contributed by atoms with Gasteiger partial charge in [0.15, 0.2) is 6.61 Å². The molecule has 2 aliphatic heterocycles. The summed E-state index contributed by atoms with van der Waals surface area (Å²) < 4.78 is 18.3. The summed E-state index contributed by atoms with van der Waals surface area (Å²) in [5.74, 6) is 0.129. The number of hydrogen-bond donors (Lipinski definition) is 0. The van der Waals surface area contributed by atoms with Gasteiger partial charge in [-0.1, -0.05) is 18.2 Å². The Morgan fingerprint density at radius 2 is 1.62 bits per heavy atom. The highest BCUT2D eigenvalue weighted by molar-refractivity contribution is 5.96. The SMILES string of the molecule is O=C(COc1ccc(F)cc1)N1CCN(CC(=O)N2CCc3ccccc32)CC1. The van der Waals surface area contributed by atoms with E-state index in [9.17, 15) is 14.0 Å². The molecule has 1 fully saturated rings. The summed E-state index contributed by atoms with van der Waals surface area (Å²) in [6.07, 6.45) is 0.901. The average molecular weight is 397 g/mol. The molecule has 0 bridgehead atoms. The van der Waals surface area contributed by atoms with E-state index in [1.807, 2.05) is 23.1 Å². The molecule has 0 aliphatic carbocycles. The van der Waals surface area contributed by atoms with Crippen LogP contribution in [-0.2, 0) is 16.0 Å². The first-order valence-corrected chi connectivity index (χ1v) is 9.87. The van der Waals surface area contributed by atoms with Crippen LogP contribution in [0.1, 0.15) is 5.56 Å². The lowest BCUT2D eigenvalue weighted by Gasteiger charge is -2.35. The Bertz CT molecular complexity index is 879. The summed E-state index contributed by atoms with van der Waals surface area (Å²) in [4.78, 5) is 30.8. The molecule has 152 valence electrons. The van der Waals surface area contributed by atoms with Crippen LogP contribution in [0.5, 0.6) is 5.75 Å². The maximum absolute atomic E-state index is 12.9. The van der Waals surface area contributed by atoms with E-state index in [1.165, 1.54) is 29.8 Å². The molecule has 6 nitrogen and oxygen atoms in total. The quantitative estimate of drug-likeness (QED) is 0.774. The number of nitrogens with zero attached hydrogens (tertiary/aromatic N) is 3. The number of carbonyl (C=O) groups is 2. The Labute approximate surface area is 169 Å². The van der Waals surface area contributed by atoms with E-state index in [0.29, 0.717) is 38.5 Å².